The summed E-state index contributed by atoms with van der Waals surface area (Å²) in [5.41, 5.74) is 3.29. The van der Waals surface area contributed by atoms with E-state index in [1.54, 1.807) is 19.5 Å². The summed E-state index contributed by atoms with van der Waals surface area (Å²) in [6.45, 7) is 0. The van der Waals surface area contributed by atoms with Crippen LogP contribution in [0, 0.1) is 11.3 Å². The molecule has 3 rings (SSSR count). The van der Waals surface area contributed by atoms with Crippen molar-refractivity contribution in [3.05, 3.63) is 60.6 Å². The largest absolute Gasteiger partial charge is 0.497 e. The second-order valence-electron chi connectivity index (χ2n) is 4.87. The number of nitriles is 1. The van der Waals surface area contributed by atoms with E-state index in [-0.39, 0.29) is 6.42 Å². The number of hydrogen-bond donors (Lipinski definition) is 0. The molecule has 3 aromatic rings. The van der Waals surface area contributed by atoms with Crippen LogP contribution < -0.4 is 4.74 Å². The number of hydrogen-bond acceptors (Lipinski definition) is 5. The van der Waals surface area contributed by atoms with Crippen molar-refractivity contribution in [2.24, 2.45) is 0 Å². The molecule has 0 N–H and O–H groups in total. The van der Waals surface area contributed by atoms with Gasteiger partial charge in [-0.2, -0.15) is 5.26 Å². The zero-order chi connectivity index (χ0) is 16.1. The summed E-state index contributed by atoms with van der Waals surface area (Å²) in [5, 5.41) is 8.97. The molecule has 5 heteroatoms. The predicted molar refractivity (Wildman–Crippen MR) is 86.6 cm³/mol. The molecule has 0 spiro atoms. The van der Waals surface area contributed by atoms with Crippen LogP contribution in [0.15, 0.2) is 54.9 Å². The molecule has 23 heavy (non-hydrogen) atoms. The number of methoxy groups -OCH3 is 1. The van der Waals surface area contributed by atoms with E-state index in [4.69, 9.17) is 10.00 Å². The van der Waals surface area contributed by atoms with E-state index in [1.807, 2.05) is 42.5 Å². The maximum atomic E-state index is 8.97. The summed E-state index contributed by atoms with van der Waals surface area (Å²) in [6.07, 6.45) is 3.63. The Bertz CT molecular complexity index is 839. The Morgan fingerprint density at radius 1 is 1.00 bits per heavy atom. The highest BCUT2D eigenvalue weighted by molar-refractivity contribution is 5.64. The summed E-state index contributed by atoms with van der Waals surface area (Å²) in [5.74, 6) is 1.38. The van der Waals surface area contributed by atoms with Crippen molar-refractivity contribution in [1.82, 2.24) is 15.0 Å². The van der Waals surface area contributed by atoms with Gasteiger partial charge in [-0.3, -0.25) is 4.98 Å². The standard InChI is InChI=1S/C18H14N4O/c1-23-16-4-2-13(3-5-16)17-12-15(6-9-19)21-18(22-17)14-7-10-20-11-8-14/h2-5,7-8,10-12H,6H2,1H3. The lowest BCUT2D eigenvalue weighted by molar-refractivity contribution is 0.415. The van der Waals surface area contributed by atoms with E-state index in [0.717, 1.165) is 22.6 Å². The van der Waals surface area contributed by atoms with Gasteiger partial charge in [0.1, 0.15) is 5.75 Å². The molecule has 0 unspecified atom stereocenters. The Labute approximate surface area is 134 Å². The normalized spacial score (nSPS) is 10.1. The first-order valence-corrected chi connectivity index (χ1v) is 7.10. The SMILES string of the molecule is COc1ccc(-c2cc(CC#N)nc(-c3ccncc3)n2)cc1. The van der Waals surface area contributed by atoms with Gasteiger partial charge < -0.3 is 4.74 Å². The Morgan fingerprint density at radius 3 is 2.39 bits per heavy atom. The smallest absolute Gasteiger partial charge is 0.160 e. The van der Waals surface area contributed by atoms with Gasteiger partial charge in [-0.05, 0) is 42.5 Å². The molecule has 2 heterocycles. The molecule has 0 atom stereocenters. The van der Waals surface area contributed by atoms with Crippen molar-refractivity contribution >= 4 is 0 Å². The van der Waals surface area contributed by atoms with Crippen LogP contribution in [0.25, 0.3) is 22.6 Å². The number of benzene rings is 1. The highest BCUT2D eigenvalue weighted by Crippen LogP contribution is 2.24. The second-order valence-corrected chi connectivity index (χ2v) is 4.87. The summed E-state index contributed by atoms with van der Waals surface area (Å²) in [7, 11) is 1.63. The van der Waals surface area contributed by atoms with Gasteiger partial charge in [0.25, 0.3) is 0 Å². The lowest BCUT2D eigenvalue weighted by Crippen LogP contribution is -1.98. The van der Waals surface area contributed by atoms with E-state index < -0.39 is 0 Å². The van der Waals surface area contributed by atoms with Gasteiger partial charge in [-0.1, -0.05) is 0 Å². The van der Waals surface area contributed by atoms with Crippen molar-refractivity contribution < 1.29 is 4.74 Å². The van der Waals surface area contributed by atoms with Crippen LogP contribution in [0.5, 0.6) is 5.75 Å². The van der Waals surface area contributed by atoms with Gasteiger partial charge in [0.05, 0.1) is 31.0 Å². The van der Waals surface area contributed by atoms with Gasteiger partial charge in [0, 0.05) is 23.5 Å². The lowest BCUT2D eigenvalue weighted by Gasteiger charge is -2.08. The number of rotatable bonds is 4. The predicted octanol–water partition coefficient (Wildman–Crippen LogP) is 3.28. The van der Waals surface area contributed by atoms with Gasteiger partial charge in [-0.15, -0.1) is 0 Å². The average molecular weight is 302 g/mol. The van der Waals surface area contributed by atoms with Crippen LogP contribution in [0.3, 0.4) is 0 Å². The van der Waals surface area contributed by atoms with E-state index in [9.17, 15) is 0 Å². The van der Waals surface area contributed by atoms with Gasteiger partial charge >= 0.3 is 0 Å². The molecule has 0 bridgehead atoms. The molecule has 112 valence electrons. The zero-order valence-electron chi connectivity index (χ0n) is 12.6. The van der Waals surface area contributed by atoms with Crippen LogP contribution in [0.4, 0.5) is 0 Å². The Hall–Kier alpha value is -3.26. The van der Waals surface area contributed by atoms with E-state index in [0.29, 0.717) is 11.5 Å². The van der Waals surface area contributed by atoms with E-state index in [2.05, 4.69) is 21.0 Å². The zero-order valence-corrected chi connectivity index (χ0v) is 12.6. The molecule has 0 aliphatic rings. The molecule has 5 nitrogen and oxygen atoms in total. The van der Waals surface area contributed by atoms with Crippen molar-refractivity contribution in [2.75, 3.05) is 7.11 Å². The third kappa shape index (κ3) is 3.33. The van der Waals surface area contributed by atoms with E-state index in [1.165, 1.54) is 0 Å². The maximum absolute atomic E-state index is 8.97. The summed E-state index contributed by atoms with van der Waals surface area (Å²) >= 11 is 0. The molecule has 0 aliphatic heterocycles. The minimum Gasteiger partial charge on any atom is -0.497 e. The van der Waals surface area contributed by atoms with Gasteiger partial charge in [0.2, 0.25) is 0 Å². The molecule has 0 aliphatic carbocycles. The topological polar surface area (TPSA) is 71.7 Å². The molecular weight excluding hydrogens is 288 g/mol. The molecule has 0 amide bonds. The molecule has 0 fully saturated rings. The minimum atomic E-state index is 0.240. The highest BCUT2D eigenvalue weighted by atomic mass is 16.5. The van der Waals surface area contributed by atoms with Crippen molar-refractivity contribution in [3.8, 4) is 34.5 Å². The first kappa shape index (κ1) is 14.7. The number of aromatic nitrogens is 3. The van der Waals surface area contributed by atoms with Crippen molar-refractivity contribution in [2.45, 2.75) is 6.42 Å². The first-order valence-electron chi connectivity index (χ1n) is 7.10. The van der Waals surface area contributed by atoms with Crippen LogP contribution >= 0.6 is 0 Å². The van der Waals surface area contributed by atoms with Gasteiger partial charge in [-0.25, -0.2) is 9.97 Å². The Morgan fingerprint density at radius 2 is 1.74 bits per heavy atom. The number of ether oxygens (including phenoxy) is 1. The molecule has 0 radical (unpaired) electrons. The van der Waals surface area contributed by atoms with Gasteiger partial charge in [0.15, 0.2) is 5.82 Å². The fourth-order valence-electron chi connectivity index (χ4n) is 2.21. The summed E-state index contributed by atoms with van der Waals surface area (Å²) in [6, 6.07) is 15.3. The molecule has 0 saturated carbocycles. The number of pyridine rings is 1. The van der Waals surface area contributed by atoms with Crippen LogP contribution in [-0.2, 0) is 6.42 Å². The third-order valence-corrected chi connectivity index (χ3v) is 3.36. The minimum absolute atomic E-state index is 0.240. The highest BCUT2D eigenvalue weighted by Gasteiger charge is 2.09. The summed E-state index contributed by atoms with van der Waals surface area (Å²) < 4.78 is 5.18. The fraction of sp³-hybridized carbons (Fsp3) is 0.111. The summed E-state index contributed by atoms with van der Waals surface area (Å²) in [4.78, 5) is 13.1. The molecular formula is C18H14N4O. The Kier molecular flexibility index (Phi) is 4.25. The van der Waals surface area contributed by atoms with Crippen LogP contribution in [-0.4, -0.2) is 22.1 Å². The average Bonchev–Trinajstić information content (AvgIpc) is 2.62. The maximum Gasteiger partial charge on any atom is 0.160 e. The van der Waals surface area contributed by atoms with Crippen LogP contribution in [0.2, 0.25) is 0 Å². The molecule has 0 saturated heterocycles. The van der Waals surface area contributed by atoms with Crippen molar-refractivity contribution in [3.63, 3.8) is 0 Å². The quantitative estimate of drug-likeness (QED) is 0.739. The monoisotopic (exact) mass is 302 g/mol. The van der Waals surface area contributed by atoms with E-state index >= 15 is 0 Å². The van der Waals surface area contributed by atoms with Crippen LogP contribution in [0.1, 0.15) is 5.69 Å². The van der Waals surface area contributed by atoms with Crippen molar-refractivity contribution in [1.29, 1.82) is 5.26 Å². The fourth-order valence-corrected chi connectivity index (χ4v) is 2.21. The first-order chi connectivity index (χ1) is 11.3. The number of nitrogens with zero attached hydrogens (tertiary/aromatic N) is 4. The third-order valence-electron chi connectivity index (χ3n) is 3.36. The second kappa shape index (κ2) is 6.67. The molecule has 2 aromatic heterocycles. The molecule has 1 aromatic carbocycles. The Balaban J connectivity index is 2.08. The lowest BCUT2D eigenvalue weighted by atomic mass is 10.1.